The molecule has 0 atom stereocenters. The fraction of sp³-hybridized carbons (Fsp3) is 0. The maximum atomic E-state index is 9.62. The number of imide groups is 1. The number of carbonyl (C=O) groups is 2. The number of hydrogen-bond acceptors (Lipinski definition) is 5. The van der Waals surface area contributed by atoms with Gasteiger partial charge in [0.05, 0.1) is 0 Å². The molecule has 0 radical (unpaired) electrons. The predicted octanol–water partition coefficient (Wildman–Crippen LogP) is -1.64. The van der Waals surface area contributed by atoms with Crippen molar-refractivity contribution in [1.29, 1.82) is 4.78 Å². The third-order valence-corrected chi connectivity index (χ3v) is 0.246. The van der Waals surface area contributed by atoms with Crippen LogP contribution in [0.5, 0.6) is 0 Å². The normalized spacial score (nSPS) is 6.91. The second-order valence-corrected chi connectivity index (χ2v) is 1.56. The van der Waals surface area contributed by atoms with E-state index in [9.17, 15) is 9.59 Å². The first kappa shape index (κ1) is 12.1. The Bertz CT molecular complexity index is 221. The van der Waals surface area contributed by atoms with Crippen molar-refractivity contribution in [3.63, 3.8) is 0 Å². The van der Waals surface area contributed by atoms with Gasteiger partial charge in [-0.05, 0) is 0 Å². The Hall–Kier alpha value is -1.64. The fourth-order valence-electron chi connectivity index (χ4n) is 0.121. The van der Waals surface area contributed by atoms with Crippen molar-refractivity contribution in [3.05, 3.63) is 0 Å². The molecule has 9 heteroatoms. The molecule has 8 nitrogen and oxygen atoms in total. The van der Waals surface area contributed by atoms with Crippen LogP contribution in [0, 0.1) is 4.78 Å². The van der Waals surface area contributed by atoms with Crippen LogP contribution >= 0.6 is 0 Å². The SMILES string of the molecule is N=S(=O)=O.NC(=O)NC(N)=O. The molecule has 0 aromatic carbocycles. The minimum atomic E-state index is -2.61. The average Bonchev–Trinajstić information content (AvgIpc) is 1.56. The lowest BCUT2D eigenvalue weighted by atomic mass is 10.9. The number of nitrogens with one attached hydrogen (secondary N) is 2. The Balaban J connectivity index is 0. The van der Waals surface area contributed by atoms with Crippen LogP contribution in [-0.2, 0) is 10.5 Å². The smallest absolute Gasteiger partial charge is 0.320 e. The zero-order chi connectivity index (χ0) is 9.44. The van der Waals surface area contributed by atoms with Crippen LogP contribution in [0.25, 0.3) is 0 Å². The van der Waals surface area contributed by atoms with Crippen molar-refractivity contribution in [2.24, 2.45) is 11.5 Å². The van der Waals surface area contributed by atoms with Gasteiger partial charge in [0.25, 0.3) is 0 Å². The lowest BCUT2D eigenvalue weighted by molar-refractivity contribution is 0.236. The van der Waals surface area contributed by atoms with E-state index >= 15 is 0 Å². The quantitative estimate of drug-likeness (QED) is 0.354. The van der Waals surface area contributed by atoms with E-state index in [4.69, 9.17) is 13.2 Å². The van der Waals surface area contributed by atoms with Crippen molar-refractivity contribution in [2.75, 3.05) is 0 Å². The summed E-state index contributed by atoms with van der Waals surface area (Å²) in [6, 6.07) is -1.88. The minimum absolute atomic E-state index is 0.937. The van der Waals surface area contributed by atoms with E-state index in [1.807, 2.05) is 0 Å². The molecule has 4 amide bonds. The van der Waals surface area contributed by atoms with Crippen LogP contribution in [0.1, 0.15) is 0 Å². The molecule has 0 rings (SSSR count). The van der Waals surface area contributed by atoms with Gasteiger partial charge in [0, 0.05) is 0 Å². The molecule has 0 saturated carbocycles. The van der Waals surface area contributed by atoms with E-state index in [-0.39, 0.29) is 0 Å². The van der Waals surface area contributed by atoms with Crippen molar-refractivity contribution in [3.8, 4) is 0 Å². The summed E-state index contributed by atoms with van der Waals surface area (Å²) < 4.78 is 22.8. The largest absolute Gasteiger partial charge is 0.351 e. The molecular weight excluding hydrogens is 176 g/mol. The molecule has 11 heavy (non-hydrogen) atoms. The Morgan fingerprint density at radius 3 is 1.36 bits per heavy atom. The van der Waals surface area contributed by atoms with E-state index in [2.05, 4.69) is 11.5 Å². The van der Waals surface area contributed by atoms with Crippen LogP contribution < -0.4 is 16.8 Å². The number of rotatable bonds is 0. The lowest BCUT2D eigenvalue weighted by Crippen LogP contribution is -2.38. The number of hydrogen-bond donors (Lipinski definition) is 4. The van der Waals surface area contributed by atoms with E-state index in [0.717, 1.165) is 0 Å². The molecule has 6 N–H and O–H groups in total. The second kappa shape index (κ2) is 6.48. The van der Waals surface area contributed by atoms with Gasteiger partial charge in [0.2, 0.25) is 0 Å². The Labute approximate surface area is 63.0 Å². The number of urea groups is 2. The molecule has 0 spiro atoms. The minimum Gasteiger partial charge on any atom is -0.351 e. The highest BCUT2D eigenvalue weighted by Crippen LogP contribution is 1.51. The van der Waals surface area contributed by atoms with Crippen LogP contribution in [-0.4, -0.2) is 20.5 Å². The van der Waals surface area contributed by atoms with E-state index in [1.165, 1.54) is 0 Å². The maximum absolute atomic E-state index is 9.62. The summed E-state index contributed by atoms with van der Waals surface area (Å²) in [5, 5.41) is 1.58. The Kier molecular flexibility index (Phi) is 7.11. The summed E-state index contributed by atoms with van der Waals surface area (Å²) >= 11 is 0. The van der Waals surface area contributed by atoms with Crippen molar-refractivity contribution < 1.29 is 18.0 Å². The van der Waals surface area contributed by atoms with Gasteiger partial charge in [-0.3, -0.25) is 5.32 Å². The van der Waals surface area contributed by atoms with Gasteiger partial charge in [0.1, 0.15) is 0 Å². The molecule has 0 aromatic rings. The molecule has 0 unspecified atom stereocenters. The van der Waals surface area contributed by atoms with Crippen molar-refractivity contribution in [1.82, 2.24) is 5.32 Å². The molecule has 64 valence electrons. The standard InChI is InChI=1S/C2H5N3O2.HNO2S/c3-1(6)5-2(4)7;1-4(2)3/h(H5,3,4,5,6,7);1H. The second-order valence-electron chi connectivity index (χ2n) is 1.09. The molecule has 0 aliphatic rings. The van der Waals surface area contributed by atoms with Gasteiger partial charge in [0.15, 0.2) is 0 Å². The van der Waals surface area contributed by atoms with Crippen LogP contribution in [0.2, 0.25) is 0 Å². The topological polar surface area (TPSA) is 156 Å². The first-order valence-electron chi connectivity index (χ1n) is 2.02. The van der Waals surface area contributed by atoms with Gasteiger partial charge in [-0.2, -0.15) is 13.2 Å². The number of amides is 4. The zero-order valence-electron chi connectivity index (χ0n) is 5.20. The number of primary amides is 2. The molecular formula is C2H6N4O4S. The van der Waals surface area contributed by atoms with Gasteiger partial charge in [-0.15, -0.1) is 0 Å². The first-order valence-corrected chi connectivity index (χ1v) is 3.10. The van der Waals surface area contributed by atoms with Gasteiger partial charge >= 0.3 is 22.6 Å². The van der Waals surface area contributed by atoms with Crippen LogP contribution in [0.15, 0.2) is 0 Å². The molecule has 0 bridgehead atoms. The van der Waals surface area contributed by atoms with E-state index < -0.39 is 22.6 Å². The fourth-order valence-corrected chi connectivity index (χ4v) is 0.121. The van der Waals surface area contributed by atoms with Gasteiger partial charge in [-0.1, -0.05) is 0 Å². The number of carbonyl (C=O) groups excluding carboxylic acids is 2. The van der Waals surface area contributed by atoms with Gasteiger partial charge < -0.3 is 11.5 Å². The average molecular weight is 182 g/mol. The van der Waals surface area contributed by atoms with Crippen LogP contribution in [0.4, 0.5) is 9.59 Å². The van der Waals surface area contributed by atoms with Gasteiger partial charge in [-0.25, -0.2) is 9.59 Å². The summed E-state index contributed by atoms with van der Waals surface area (Å²) in [6.07, 6.45) is 0. The zero-order valence-corrected chi connectivity index (χ0v) is 6.01. The highest BCUT2D eigenvalue weighted by molar-refractivity contribution is 7.60. The Morgan fingerprint density at radius 2 is 1.36 bits per heavy atom. The third kappa shape index (κ3) is 60.7. The molecule has 0 saturated heterocycles. The predicted molar refractivity (Wildman–Crippen MR) is 33.9 cm³/mol. The molecule has 0 fully saturated rings. The Morgan fingerprint density at radius 1 is 1.18 bits per heavy atom. The molecule has 0 aliphatic carbocycles. The first-order chi connectivity index (χ1) is 4.86. The van der Waals surface area contributed by atoms with E-state index in [0.29, 0.717) is 0 Å². The summed E-state index contributed by atoms with van der Waals surface area (Å²) in [6.45, 7) is 0. The third-order valence-electron chi connectivity index (χ3n) is 0.246. The summed E-state index contributed by atoms with van der Waals surface area (Å²) in [4.78, 5) is 19.2. The molecule has 0 heterocycles. The van der Waals surface area contributed by atoms with E-state index in [1.54, 1.807) is 5.32 Å². The number of nitrogens with two attached hydrogens (primary N) is 2. The summed E-state index contributed by atoms with van der Waals surface area (Å²) in [5.41, 5.74) is 8.88. The highest BCUT2D eigenvalue weighted by Gasteiger charge is 1.92. The van der Waals surface area contributed by atoms with Crippen molar-refractivity contribution in [2.45, 2.75) is 0 Å². The van der Waals surface area contributed by atoms with Crippen LogP contribution in [0.3, 0.4) is 0 Å². The maximum Gasteiger partial charge on any atom is 0.320 e. The molecule has 0 aliphatic heterocycles. The van der Waals surface area contributed by atoms with Crippen molar-refractivity contribution >= 4 is 22.6 Å². The highest BCUT2D eigenvalue weighted by atomic mass is 32.2. The lowest BCUT2D eigenvalue weighted by Gasteiger charge is -1.88. The summed E-state index contributed by atoms with van der Waals surface area (Å²) in [5.74, 6) is 0. The molecule has 0 aromatic heterocycles. The summed E-state index contributed by atoms with van der Waals surface area (Å²) in [7, 11) is -2.61. The monoisotopic (exact) mass is 182 g/mol.